The second-order valence-corrected chi connectivity index (χ2v) is 7.67. The van der Waals surface area contributed by atoms with E-state index in [1.807, 2.05) is 50.4 Å². The molecule has 0 fully saturated rings. The molecule has 0 amide bonds. The van der Waals surface area contributed by atoms with E-state index in [1.54, 1.807) is 6.92 Å². The number of fused-ring (bicyclic) bond motifs is 1. The summed E-state index contributed by atoms with van der Waals surface area (Å²) in [6.45, 7) is 10.1. The highest BCUT2D eigenvalue weighted by molar-refractivity contribution is 5.84. The Bertz CT molecular complexity index is 1150. The first-order valence-electron chi connectivity index (χ1n) is 10.4. The maximum atomic E-state index is 13.3. The summed E-state index contributed by atoms with van der Waals surface area (Å²) in [5, 5.41) is 10.7. The highest BCUT2D eigenvalue weighted by atomic mass is 19.4. The van der Waals surface area contributed by atoms with Crippen LogP contribution in [0.5, 0.6) is 5.75 Å². The fourth-order valence-corrected chi connectivity index (χ4v) is 3.59. The quantitative estimate of drug-likeness (QED) is 0.224. The van der Waals surface area contributed by atoms with Crippen molar-refractivity contribution in [1.29, 1.82) is 0 Å². The molecule has 170 valence electrons. The van der Waals surface area contributed by atoms with Gasteiger partial charge in [-0.3, -0.25) is 0 Å². The molecule has 32 heavy (non-hydrogen) atoms. The van der Waals surface area contributed by atoms with Crippen molar-refractivity contribution in [3.63, 3.8) is 0 Å². The second-order valence-electron chi connectivity index (χ2n) is 7.67. The van der Waals surface area contributed by atoms with Crippen LogP contribution in [-0.4, -0.2) is 9.67 Å². The van der Waals surface area contributed by atoms with Crippen LogP contribution in [0.15, 0.2) is 66.9 Å². The molecule has 3 aromatic rings. The average Bonchev–Trinajstić information content (AvgIpc) is 3.17. The fraction of sp³-hybridized carbons (Fsp3) is 0.280. The molecule has 0 radical (unpaired) electrons. The van der Waals surface area contributed by atoms with E-state index in [9.17, 15) is 18.3 Å². The van der Waals surface area contributed by atoms with Crippen LogP contribution in [0.4, 0.5) is 13.2 Å². The Morgan fingerprint density at radius 3 is 2.66 bits per heavy atom. The third kappa shape index (κ3) is 4.83. The minimum Gasteiger partial charge on any atom is -0.507 e. The number of hydroxylamine groups is 1. The van der Waals surface area contributed by atoms with E-state index in [4.69, 9.17) is 4.84 Å². The summed E-state index contributed by atoms with van der Waals surface area (Å²) in [6, 6.07) is 11.1. The number of benzene rings is 2. The average molecular weight is 444 g/mol. The Balaban J connectivity index is 1.90. The van der Waals surface area contributed by atoms with Crippen LogP contribution < -0.4 is 5.48 Å². The molecule has 0 saturated carbocycles. The van der Waals surface area contributed by atoms with Crippen molar-refractivity contribution in [2.75, 3.05) is 0 Å². The van der Waals surface area contributed by atoms with E-state index in [0.717, 1.165) is 34.2 Å². The minimum atomic E-state index is -4.67. The van der Waals surface area contributed by atoms with Gasteiger partial charge in [-0.15, -0.1) is 12.1 Å². The van der Waals surface area contributed by atoms with Gasteiger partial charge in [-0.1, -0.05) is 25.1 Å². The standard InChI is InChI=1S/C25H27F3N2O2/c1-5-13-30-14-12-20-19(8-7-9-22(20)30)17(4)29-32-24(16(3)6-2)18-10-11-23(31)21(15-18)25(26,27)28/h5,7-12,14-15,17,29,31H,1,6,13H2,2-4H3. The summed E-state index contributed by atoms with van der Waals surface area (Å²) in [6.07, 6.45) is -0.257. The van der Waals surface area contributed by atoms with Crippen molar-refractivity contribution in [2.24, 2.45) is 0 Å². The van der Waals surface area contributed by atoms with Crippen LogP contribution in [0.3, 0.4) is 0 Å². The van der Waals surface area contributed by atoms with Gasteiger partial charge in [-0.05, 0) is 61.7 Å². The van der Waals surface area contributed by atoms with E-state index in [-0.39, 0.29) is 11.6 Å². The Morgan fingerprint density at radius 1 is 1.25 bits per heavy atom. The Kier molecular flexibility index (Phi) is 6.99. The fourth-order valence-electron chi connectivity index (χ4n) is 3.59. The van der Waals surface area contributed by atoms with E-state index in [1.165, 1.54) is 6.07 Å². The lowest BCUT2D eigenvalue weighted by Crippen LogP contribution is -2.19. The van der Waals surface area contributed by atoms with Crippen LogP contribution in [-0.2, 0) is 17.6 Å². The van der Waals surface area contributed by atoms with Crippen molar-refractivity contribution in [1.82, 2.24) is 10.0 Å². The predicted octanol–water partition coefficient (Wildman–Crippen LogP) is 6.98. The monoisotopic (exact) mass is 444 g/mol. The zero-order valence-electron chi connectivity index (χ0n) is 18.3. The lowest BCUT2D eigenvalue weighted by Gasteiger charge is -2.20. The number of aromatic nitrogens is 1. The molecule has 1 atom stereocenters. The van der Waals surface area contributed by atoms with Gasteiger partial charge in [0.05, 0.1) is 11.6 Å². The molecule has 3 rings (SSSR count). The molecular weight excluding hydrogens is 417 g/mol. The van der Waals surface area contributed by atoms with Crippen molar-refractivity contribution in [3.8, 4) is 5.75 Å². The maximum Gasteiger partial charge on any atom is 0.419 e. The highest BCUT2D eigenvalue weighted by Gasteiger charge is 2.34. The Morgan fingerprint density at radius 2 is 2.00 bits per heavy atom. The van der Waals surface area contributed by atoms with Gasteiger partial charge in [0.1, 0.15) is 5.75 Å². The zero-order valence-corrected chi connectivity index (χ0v) is 18.3. The smallest absolute Gasteiger partial charge is 0.419 e. The molecule has 0 spiro atoms. The molecule has 0 aliphatic rings. The number of hydrogen-bond acceptors (Lipinski definition) is 3. The van der Waals surface area contributed by atoms with E-state index in [0.29, 0.717) is 18.7 Å². The van der Waals surface area contributed by atoms with Gasteiger partial charge >= 0.3 is 6.18 Å². The number of phenolic OH excluding ortho intramolecular Hbond substituents is 1. The molecule has 1 aromatic heterocycles. The van der Waals surface area contributed by atoms with Crippen LogP contribution in [0.1, 0.15) is 49.9 Å². The molecule has 0 saturated heterocycles. The number of alkyl halides is 3. The molecule has 0 aliphatic carbocycles. The molecule has 0 aliphatic heterocycles. The van der Waals surface area contributed by atoms with Gasteiger partial charge in [0.25, 0.3) is 0 Å². The second kappa shape index (κ2) is 9.53. The van der Waals surface area contributed by atoms with E-state index >= 15 is 0 Å². The third-order valence-electron chi connectivity index (χ3n) is 5.46. The van der Waals surface area contributed by atoms with Crippen LogP contribution in [0.2, 0.25) is 0 Å². The van der Waals surface area contributed by atoms with Crippen molar-refractivity contribution >= 4 is 16.7 Å². The van der Waals surface area contributed by atoms with Gasteiger partial charge in [-0.25, -0.2) is 0 Å². The lowest BCUT2D eigenvalue weighted by atomic mass is 10.0. The van der Waals surface area contributed by atoms with Gasteiger partial charge in [0, 0.05) is 29.2 Å². The molecule has 7 heteroatoms. The van der Waals surface area contributed by atoms with E-state index in [2.05, 4.69) is 16.6 Å². The highest BCUT2D eigenvalue weighted by Crippen LogP contribution is 2.38. The number of allylic oxidation sites excluding steroid dienone is 2. The predicted molar refractivity (Wildman–Crippen MR) is 121 cm³/mol. The number of nitrogens with one attached hydrogen (secondary N) is 1. The summed E-state index contributed by atoms with van der Waals surface area (Å²) < 4.78 is 41.9. The van der Waals surface area contributed by atoms with Crippen molar-refractivity contribution in [3.05, 3.63) is 83.6 Å². The number of aromatic hydroxyl groups is 1. The van der Waals surface area contributed by atoms with Crippen LogP contribution in [0, 0.1) is 0 Å². The topological polar surface area (TPSA) is 46.4 Å². The van der Waals surface area contributed by atoms with Gasteiger partial charge in [0.2, 0.25) is 0 Å². The summed E-state index contributed by atoms with van der Waals surface area (Å²) >= 11 is 0. The Labute approximate surface area is 185 Å². The number of hydrogen-bond donors (Lipinski definition) is 2. The summed E-state index contributed by atoms with van der Waals surface area (Å²) in [4.78, 5) is 5.87. The zero-order chi connectivity index (χ0) is 23.5. The molecule has 4 nitrogen and oxygen atoms in total. The number of rotatable bonds is 8. The molecule has 0 bridgehead atoms. The summed E-state index contributed by atoms with van der Waals surface area (Å²) in [5.74, 6) is -0.506. The lowest BCUT2D eigenvalue weighted by molar-refractivity contribution is -0.138. The van der Waals surface area contributed by atoms with Crippen LogP contribution >= 0.6 is 0 Å². The van der Waals surface area contributed by atoms with Crippen molar-refractivity contribution < 1.29 is 23.1 Å². The first kappa shape index (κ1) is 23.5. The molecule has 1 unspecified atom stereocenters. The first-order valence-corrected chi connectivity index (χ1v) is 10.4. The SMILES string of the molecule is C=CCn1ccc2c(C(C)NOC(=C(C)CC)c3ccc(O)c(C(F)(F)F)c3)cccc21. The normalized spacial score (nSPS) is 13.7. The van der Waals surface area contributed by atoms with Gasteiger partial charge < -0.3 is 14.5 Å². The number of phenols is 1. The van der Waals surface area contributed by atoms with Gasteiger partial charge in [0.15, 0.2) is 5.76 Å². The van der Waals surface area contributed by atoms with E-state index < -0.39 is 17.5 Å². The summed E-state index contributed by atoms with van der Waals surface area (Å²) in [7, 11) is 0. The van der Waals surface area contributed by atoms with Crippen LogP contribution in [0.25, 0.3) is 16.7 Å². The number of nitrogens with zero attached hydrogens (tertiary/aromatic N) is 1. The van der Waals surface area contributed by atoms with Crippen molar-refractivity contribution in [2.45, 2.75) is 46.0 Å². The third-order valence-corrected chi connectivity index (χ3v) is 5.46. The maximum absolute atomic E-state index is 13.3. The van der Waals surface area contributed by atoms with Gasteiger partial charge in [-0.2, -0.15) is 13.2 Å². The Hall–Kier alpha value is -3.19. The summed E-state index contributed by atoms with van der Waals surface area (Å²) in [5.41, 5.74) is 4.97. The molecule has 1 heterocycles. The minimum absolute atomic E-state index is 0.239. The molecule has 2 N–H and O–H groups in total. The molecule has 2 aromatic carbocycles. The first-order chi connectivity index (χ1) is 15.2. The largest absolute Gasteiger partial charge is 0.507 e. The molecular formula is C25H27F3N2O2. The number of halogens is 3.